The van der Waals surface area contributed by atoms with Gasteiger partial charge in [0.15, 0.2) is 5.69 Å². The van der Waals surface area contributed by atoms with Gasteiger partial charge in [-0.1, -0.05) is 29.8 Å². The Balaban J connectivity index is 2.59. The van der Waals surface area contributed by atoms with Gasteiger partial charge in [-0.3, -0.25) is 4.68 Å². The maximum absolute atomic E-state index is 10.9. The molecular formula is C14H15BrN2O3. The summed E-state index contributed by atoms with van der Waals surface area (Å²) in [6.45, 7) is 4.07. The van der Waals surface area contributed by atoms with Gasteiger partial charge in [0.25, 0.3) is 0 Å². The summed E-state index contributed by atoms with van der Waals surface area (Å²) in [6.07, 6.45) is 0. The van der Waals surface area contributed by atoms with Crippen LogP contribution in [0.3, 0.4) is 0 Å². The second-order valence-electron chi connectivity index (χ2n) is 4.89. The van der Waals surface area contributed by atoms with Crippen molar-refractivity contribution in [1.29, 1.82) is 0 Å². The molecule has 0 spiro atoms. The number of aromatic hydroxyl groups is 1. The monoisotopic (exact) mass is 338 g/mol. The molecule has 2 aromatic rings. The molecule has 0 atom stereocenters. The van der Waals surface area contributed by atoms with Crippen LogP contribution in [0, 0.1) is 0 Å². The Morgan fingerprint density at radius 2 is 2.00 bits per heavy atom. The van der Waals surface area contributed by atoms with Crippen LogP contribution in [0.1, 0.15) is 35.8 Å². The molecule has 106 valence electrons. The van der Waals surface area contributed by atoms with Gasteiger partial charge < -0.3 is 10.2 Å². The van der Waals surface area contributed by atoms with Crippen molar-refractivity contribution in [2.45, 2.75) is 19.8 Å². The number of carboxylic acids is 1. The largest absolute Gasteiger partial charge is 0.507 e. The number of aryl methyl sites for hydroxylation is 1. The summed E-state index contributed by atoms with van der Waals surface area (Å²) >= 11 is 3.48. The molecule has 0 saturated carbocycles. The molecular weight excluding hydrogens is 324 g/mol. The van der Waals surface area contributed by atoms with E-state index in [9.17, 15) is 9.90 Å². The summed E-state index contributed by atoms with van der Waals surface area (Å²) in [5, 5.41) is 23.0. The van der Waals surface area contributed by atoms with Crippen LogP contribution in [-0.2, 0) is 7.05 Å². The number of phenols is 1. The molecule has 0 unspecified atom stereocenters. The minimum atomic E-state index is -1.09. The molecule has 0 aliphatic heterocycles. The van der Waals surface area contributed by atoms with Crippen LogP contribution in [0.2, 0.25) is 0 Å². The number of hydrogen-bond acceptors (Lipinski definition) is 3. The first-order valence-electron chi connectivity index (χ1n) is 6.11. The van der Waals surface area contributed by atoms with Gasteiger partial charge in [0.2, 0.25) is 0 Å². The second kappa shape index (κ2) is 5.28. The van der Waals surface area contributed by atoms with E-state index in [-0.39, 0.29) is 17.4 Å². The van der Waals surface area contributed by atoms with Gasteiger partial charge in [-0.2, -0.15) is 5.10 Å². The molecule has 0 aliphatic carbocycles. The molecule has 0 saturated heterocycles. The Kier molecular flexibility index (Phi) is 3.85. The number of halogens is 1. The fraction of sp³-hybridized carbons (Fsp3) is 0.286. The van der Waals surface area contributed by atoms with E-state index in [0.717, 1.165) is 10.0 Å². The first-order chi connectivity index (χ1) is 9.31. The van der Waals surface area contributed by atoms with Gasteiger partial charge in [0.1, 0.15) is 5.75 Å². The summed E-state index contributed by atoms with van der Waals surface area (Å²) in [7, 11) is 1.64. The number of carboxylic acid groups (broad SMARTS) is 1. The van der Waals surface area contributed by atoms with Crippen molar-refractivity contribution in [3.8, 4) is 17.0 Å². The predicted molar refractivity (Wildman–Crippen MR) is 79.1 cm³/mol. The first kappa shape index (κ1) is 14.6. The van der Waals surface area contributed by atoms with Crippen LogP contribution in [0.4, 0.5) is 0 Å². The molecule has 0 amide bonds. The molecule has 6 heteroatoms. The zero-order chi connectivity index (χ0) is 15.0. The summed E-state index contributed by atoms with van der Waals surface area (Å²) in [4.78, 5) is 10.9. The van der Waals surface area contributed by atoms with Crippen LogP contribution in [0.5, 0.6) is 5.75 Å². The van der Waals surface area contributed by atoms with E-state index in [1.165, 1.54) is 10.7 Å². The minimum absolute atomic E-state index is 0.0500. The number of aromatic nitrogens is 2. The van der Waals surface area contributed by atoms with Crippen molar-refractivity contribution >= 4 is 21.9 Å². The van der Waals surface area contributed by atoms with E-state index in [4.69, 9.17) is 5.11 Å². The topological polar surface area (TPSA) is 75.3 Å². The van der Waals surface area contributed by atoms with Crippen LogP contribution >= 0.6 is 15.9 Å². The average Bonchev–Trinajstić information content (AvgIpc) is 2.73. The molecule has 20 heavy (non-hydrogen) atoms. The normalized spacial score (nSPS) is 11.1. The maximum atomic E-state index is 10.9. The lowest BCUT2D eigenvalue weighted by Gasteiger charge is -2.12. The Bertz CT molecular complexity index is 677. The summed E-state index contributed by atoms with van der Waals surface area (Å²) in [6, 6.07) is 4.92. The molecule has 5 nitrogen and oxygen atoms in total. The van der Waals surface area contributed by atoms with E-state index in [1.54, 1.807) is 19.2 Å². The number of benzene rings is 1. The Morgan fingerprint density at radius 3 is 2.50 bits per heavy atom. The zero-order valence-corrected chi connectivity index (χ0v) is 13.0. The van der Waals surface area contributed by atoms with Crippen molar-refractivity contribution in [3.05, 3.63) is 33.9 Å². The SMILES string of the molecule is CC(C)c1cc(O)c(-c2cc(C(=O)O)nn2C)cc1Br. The standard InChI is InChI=1S/C14H15BrN2O3/c1-7(2)8-5-13(18)9(4-10(8)15)12-6-11(14(19)20)16-17(12)3/h4-7,18H,1-3H3,(H,19,20). The third-order valence-electron chi connectivity index (χ3n) is 3.11. The minimum Gasteiger partial charge on any atom is -0.507 e. The second-order valence-corrected chi connectivity index (χ2v) is 5.74. The summed E-state index contributed by atoms with van der Waals surface area (Å²) in [5.41, 5.74) is 2.04. The third kappa shape index (κ3) is 2.56. The smallest absolute Gasteiger partial charge is 0.356 e. The van der Waals surface area contributed by atoms with Gasteiger partial charge in [0.05, 0.1) is 5.69 Å². The lowest BCUT2D eigenvalue weighted by Crippen LogP contribution is -1.99. The van der Waals surface area contributed by atoms with Crippen LogP contribution < -0.4 is 0 Å². The molecule has 0 bridgehead atoms. The van der Waals surface area contributed by atoms with Gasteiger partial charge in [-0.05, 0) is 29.7 Å². The molecule has 0 radical (unpaired) electrons. The van der Waals surface area contributed by atoms with Crippen LogP contribution in [0.15, 0.2) is 22.7 Å². The van der Waals surface area contributed by atoms with E-state index >= 15 is 0 Å². The number of hydrogen-bond donors (Lipinski definition) is 2. The maximum Gasteiger partial charge on any atom is 0.356 e. The fourth-order valence-electron chi connectivity index (χ4n) is 2.05. The quantitative estimate of drug-likeness (QED) is 0.899. The third-order valence-corrected chi connectivity index (χ3v) is 3.80. The van der Waals surface area contributed by atoms with Gasteiger partial charge in [0, 0.05) is 17.1 Å². The molecule has 1 heterocycles. The summed E-state index contributed by atoms with van der Waals surface area (Å²) < 4.78 is 2.32. The molecule has 0 fully saturated rings. The average molecular weight is 339 g/mol. The molecule has 1 aromatic carbocycles. The van der Waals surface area contributed by atoms with Crippen molar-refractivity contribution in [2.24, 2.45) is 7.05 Å². The van der Waals surface area contributed by atoms with Crippen molar-refractivity contribution in [1.82, 2.24) is 9.78 Å². The number of rotatable bonds is 3. The zero-order valence-electron chi connectivity index (χ0n) is 11.4. The van der Waals surface area contributed by atoms with Crippen molar-refractivity contribution in [2.75, 3.05) is 0 Å². The lowest BCUT2D eigenvalue weighted by atomic mass is 9.99. The number of phenolic OH excluding ortho intramolecular Hbond substituents is 1. The number of nitrogens with zero attached hydrogens (tertiary/aromatic N) is 2. The highest BCUT2D eigenvalue weighted by Crippen LogP contribution is 2.37. The molecule has 2 rings (SSSR count). The van der Waals surface area contributed by atoms with Gasteiger partial charge >= 0.3 is 5.97 Å². The van der Waals surface area contributed by atoms with Crippen LogP contribution in [-0.4, -0.2) is 26.0 Å². The highest BCUT2D eigenvalue weighted by atomic mass is 79.9. The first-order valence-corrected chi connectivity index (χ1v) is 6.90. The Labute approximate surface area is 125 Å². The van der Waals surface area contributed by atoms with Crippen molar-refractivity contribution < 1.29 is 15.0 Å². The van der Waals surface area contributed by atoms with Gasteiger partial charge in [-0.15, -0.1) is 0 Å². The van der Waals surface area contributed by atoms with E-state index in [1.807, 2.05) is 13.8 Å². The highest BCUT2D eigenvalue weighted by Gasteiger charge is 2.17. The van der Waals surface area contributed by atoms with Crippen LogP contribution in [0.25, 0.3) is 11.3 Å². The van der Waals surface area contributed by atoms with Gasteiger partial charge in [-0.25, -0.2) is 4.79 Å². The summed E-state index contributed by atoms with van der Waals surface area (Å²) in [5.74, 6) is -0.716. The molecule has 2 N–H and O–H groups in total. The number of carbonyl (C=O) groups is 1. The fourth-order valence-corrected chi connectivity index (χ4v) is 2.85. The molecule has 0 aliphatic rings. The highest BCUT2D eigenvalue weighted by molar-refractivity contribution is 9.10. The van der Waals surface area contributed by atoms with E-state index < -0.39 is 5.97 Å². The predicted octanol–water partition coefficient (Wildman–Crippen LogP) is 3.38. The van der Waals surface area contributed by atoms with E-state index in [2.05, 4.69) is 21.0 Å². The Morgan fingerprint density at radius 1 is 1.35 bits per heavy atom. The Hall–Kier alpha value is -1.82. The number of aromatic carboxylic acids is 1. The lowest BCUT2D eigenvalue weighted by molar-refractivity contribution is 0.0689. The van der Waals surface area contributed by atoms with Crippen molar-refractivity contribution in [3.63, 3.8) is 0 Å². The van der Waals surface area contributed by atoms with E-state index in [0.29, 0.717) is 11.3 Å². The molecule has 1 aromatic heterocycles.